The van der Waals surface area contributed by atoms with Crippen LogP contribution in [0.1, 0.15) is 71.9 Å². The molecule has 1 aliphatic heterocycles. The number of aromatic nitrogens is 2. The van der Waals surface area contributed by atoms with Crippen molar-refractivity contribution >= 4 is 23.3 Å². The third kappa shape index (κ3) is 5.51. The van der Waals surface area contributed by atoms with Gasteiger partial charge in [-0.15, -0.1) is 4.37 Å². The third-order valence-corrected chi connectivity index (χ3v) is 6.00. The van der Waals surface area contributed by atoms with Gasteiger partial charge in [-0.25, -0.2) is 0 Å². The van der Waals surface area contributed by atoms with E-state index in [1.807, 2.05) is 20.8 Å². The highest BCUT2D eigenvalue weighted by atomic mass is 32.1. The molecular weight excluding hydrogens is 362 g/mol. The monoisotopic (exact) mass is 396 g/mol. The molecule has 2 rings (SSSR count). The maximum Gasteiger partial charge on any atom is 0.310 e. The van der Waals surface area contributed by atoms with E-state index in [1.54, 1.807) is 0 Å². The van der Waals surface area contributed by atoms with E-state index < -0.39 is 5.72 Å². The lowest BCUT2D eigenvalue weighted by Gasteiger charge is -2.47. The topological polar surface area (TPSA) is 61.3 Å². The zero-order chi connectivity index (χ0) is 19.9. The number of quaternary nitrogens is 1. The zero-order valence-electron chi connectivity index (χ0n) is 17.4. The Morgan fingerprint density at radius 1 is 1.26 bits per heavy atom. The van der Waals surface area contributed by atoms with Crippen molar-refractivity contribution in [3.63, 3.8) is 0 Å². The molecule has 7 heteroatoms. The Morgan fingerprint density at radius 2 is 2.04 bits per heavy atom. The van der Waals surface area contributed by atoms with Gasteiger partial charge >= 0.3 is 5.97 Å². The first kappa shape index (κ1) is 21.8. The van der Waals surface area contributed by atoms with E-state index in [0.717, 1.165) is 37.2 Å². The molecule has 0 saturated carbocycles. The molecule has 0 saturated heterocycles. The fourth-order valence-corrected chi connectivity index (χ4v) is 3.84. The lowest BCUT2D eigenvalue weighted by molar-refractivity contribution is -0.971. The van der Waals surface area contributed by atoms with Crippen molar-refractivity contribution in [2.45, 2.75) is 71.9 Å². The maximum absolute atomic E-state index is 11.9. The first-order chi connectivity index (χ1) is 12.8. The summed E-state index contributed by atoms with van der Waals surface area (Å²) in [6.07, 6.45) is 8.18. The summed E-state index contributed by atoms with van der Waals surface area (Å²) >= 11 is 1.19. The van der Waals surface area contributed by atoms with E-state index >= 15 is 0 Å². The summed E-state index contributed by atoms with van der Waals surface area (Å²) in [6, 6.07) is 0. The van der Waals surface area contributed by atoms with Gasteiger partial charge < -0.3 is 9.47 Å². The molecule has 0 N–H and O–H groups in total. The normalized spacial score (nSPS) is 20.3. The zero-order valence-corrected chi connectivity index (χ0v) is 18.2. The van der Waals surface area contributed by atoms with Crippen molar-refractivity contribution in [3.8, 4) is 5.88 Å². The number of hydrogen-bond donors (Lipinski definition) is 0. The lowest BCUT2D eigenvalue weighted by Crippen LogP contribution is -2.62. The number of esters is 1. The molecule has 0 aliphatic carbocycles. The molecule has 1 atom stereocenters. The van der Waals surface area contributed by atoms with Gasteiger partial charge in [0.2, 0.25) is 5.72 Å². The van der Waals surface area contributed by atoms with Gasteiger partial charge in [-0.3, -0.25) is 9.28 Å². The van der Waals surface area contributed by atoms with E-state index in [-0.39, 0.29) is 5.97 Å². The van der Waals surface area contributed by atoms with Crippen LogP contribution >= 0.6 is 11.7 Å². The van der Waals surface area contributed by atoms with E-state index in [1.165, 1.54) is 31.0 Å². The van der Waals surface area contributed by atoms with Crippen LogP contribution < -0.4 is 4.74 Å². The second-order valence-corrected chi connectivity index (χ2v) is 8.43. The Morgan fingerprint density at radius 3 is 2.74 bits per heavy atom. The molecule has 0 bridgehead atoms. The Labute approximate surface area is 167 Å². The van der Waals surface area contributed by atoms with Crippen LogP contribution in [-0.4, -0.2) is 51.7 Å². The predicted octanol–water partition coefficient (Wildman–Crippen LogP) is 4.42. The molecule has 152 valence electrons. The van der Waals surface area contributed by atoms with Crippen molar-refractivity contribution in [2.24, 2.45) is 0 Å². The summed E-state index contributed by atoms with van der Waals surface area (Å²) in [5.74, 6) is 0.474. The van der Waals surface area contributed by atoms with Crippen LogP contribution in [0.5, 0.6) is 5.88 Å². The van der Waals surface area contributed by atoms with Crippen molar-refractivity contribution in [1.82, 2.24) is 8.75 Å². The number of unbranched alkanes of at least 4 members (excludes halogenated alkanes) is 3. The largest absolute Gasteiger partial charge is 0.475 e. The molecule has 0 fully saturated rings. The highest BCUT2D eigenvalue weighted by molar-refractivity contribution is 6.99. The second kappa shape index (κ2) is 9.64. The summed E-state index contributed by atoms with van der Waals surface area (Å²) in [4.78, 5) is 11.9. The summed E-state index contributed by atoms with van der Waals surface area (Å²) in [5, 5.41) is 0. The average Bonchev–Trinajstić information content (AvgIpc) is 3.09. The van der Waals surface area contributed by atoms with Gasteiger partial charge in [-0.1, -0.05) is 39.2 Å². The molecule has 1 unspecified atom stereocenters. The molecule has 0 spiro atoms. The van der Waals surface area contributed by atoms with Gasteiger partial charge in [0.25, 0.3) is 5.88 Å². The Hall–Kier alpha value is -1.47. The number of carbonyl (C=O) groups is 1. The van der Waals surface area contributed by atoms with E-state index in [9.17, 15) is 4.79 Å². The lowest BCUT2D eigenvalue weighted by atomic mass is 10.0. The SMILES string of the molecule is CCCCCCOc1nsnc1C1=CCC[N+](C)(C(C)(C)OC(=O)CC)C1. The fraction of sp³-hybridized carbons (Fsp3) is 0.750. The average molecular weight is 397 g/mol. The molecular formula is C20H34N3O3S+. The Bertz CT molecular complexity index is 657. The molecule has 0 radical (unpaired) electrons. The molecule has 1 aromatic heterocycles. The van der Waals surface area contributed by atoms with E-state index in [0.29, 0.717) is 23.4 Å². The minimum atomic E-state index is -0.600. The van der Waals surface area contributed by atoms with Gasteiger partial charge in [0.1, 0.15) is 12.2 Å². The first-order valence-corrected chi connectivity index (χ1v) is 10.8. The molecule has 0 amide bonds. The standard InChI is InChI=1S/C20H34N3O3S/c1-6-8-9-10-14-25-19-18(21-27-22-19)16-12-11-13-23(5,15-16)20(3,4)26-17(24)7-2/h12H,6-11,13-15H2,1-5H3/q+1. The molecule has 6 nitrogen and oxygen atoms in total. The van der Waals surface area contributed by atoms with Gasteiger partial charge in [-0.2, -0.15) is 4.37 Å². The number of likely N-dealkylation sites (N-methyl/N-ethyl adjacent to an activating group) is 1. The fourth-order valence-electron chi connectivity index (χ4n) is 3.30. The number of nitrogens with zero attached hydrogens (tertiary/aromatic N) is 3. The smallest absolute Gasteiger partial charge is 0.310 e. The molecule has 0 aromatic carbocycles. The molecule has 1 aliphatic rings. The van der Waals surface area contributed by atoms with E-state index in [2.05, 4.69) is 28.8 Å². The van der Waals surface area contributed by atoms with Crippen LogP contribution in [0.25, 0.3) is 5.57 Å². The summed E-state index contributed by atoms with van der Waals surface area (Å²) in [6.45, 7) is 10.3. The van der Waals surface area contributed by atoms with Crippen molar-refractivity contribution in [2.75, 3.05) is 26.7 Å². The van der Waals surface area contributed by atoms with Crippen LogP contribution in [-0.2, 0) is 9.53 Å². The van der Waals surface area contributed by atoms with Crippen LogP contribution in [0.3, 0.4) is 0 Å². The van der Waals surface area contributed by atoms with Crippen molar-refractivity contribution in [3.05, 3.63) is 11.8 Å². The minimum Gasteiger partial charge on any atom is -0.475 e. The number of rotatable bonds is 10. The quantitative estimate of drug-likeness (QED) is 0.333. The van der Waals surface area contributed by atoms with Crippen LogP contribution in [0.2, 0.25) is 0 Å². The van der Waals surface area contributed by atoms with Crippen molar-refractivity contribution in [1.29, 1.82) is 0 Å². The van der Waals surface area contributed by atoms with Gasteiger partial charge in [-0.05, 0) is 6.42 Å². The maximum atomic E-state index is 11.9. The van der Waals surface area contributed by atoms with Crippen LogP contribution in [0.15, 0.2) is 6.08 Å². The highest BCUT2D eigenvalue weighted by Gasteiger charge is 2.45. The Balaban J connectivity index is 2.07. The number of carbonyl (C=O) groups excluding carboxylic acids is 1. The first-order valence-electron chi connectivity index (χ1n) is 10.0. The van der Waals surface area contributed by atoms with Crippen LogP contribution in [0.4, 0.5) is 0 Å². The molecule has 27 heavy (non-hydrogen) atoms. The van der Waals surface area contributed by atoms with Crippen LogP contribution in [0, 0.1) is 0 Å². The van der Waals surface area contributed by atoms with Crippen molar-refractivity contribution < 1.29 is 18.8 Å². The van der Waals surface area contributed by atoms with Gasteiger partial charge in [0, 0.05) is 32.3 Å². The highest BCUT2D eigenvalue weighted by Crippen LogP contribution is 2.35. The summed E-state index contributed by atoms with van der Waals surface area (Å²) in [5.41, 5.74) is 1.37. The minimum absolute atomic E-state index is 0.165. The van der Waals surface area contributed by atoms with Gasteiger partial charge in [0.15, 0.2) is 0 Å². The molecule has 2 heterocycles. The van der Waals surface area contributed by atoms with Gasteiger partial charge in [0.05, 0.1) is 31.9 Å². The number of ether oxygens (including phenoxy) is 2. The number of hydrogen-bond acceptors (Lipinski definition) is 6. The summed E-state index contributed by atoms with van der Waals surface area (Å²) in [7, 11) is 2.14. The summed E-state index contributed by atoms with van der Waals surface area (Å²) < 4.78 is 21.2. The Kier molecular flexibility index (Phi) is 7.79. The second-order valence-electron chi connectivity index (χ2n) is 7.90. The predicted molar refractivity (Wildman–Crippen MR) is 109 cm³/mol. The third-order valence-electron chi connectivity index (χ3n) is 5.48. The molecule has 1 aromatic rings. The van der Waals surface area contributed by atoms with E-state index in [4.69, 9.17) is 9.47 Å².